The van der Waals surface area contributed by atoms with E-state index in [1.165, 1.54) is 38.3 Å². The van der Waals surface area contributed by atoms with Crippen LogP contribution in [0.5, 0.6) is 0 Å². The van der Waals surface area contributed by atoms with Crippen LogP contribution >= 0.6 is 0 Å². The molecule has 1 heterocycles. The highest BCUT2D eigenvalue weighted by molar-refractivity contribution is 5.94. The third-order valence-corrected chi connectivity index (χ3v) is 4.61. The van der Waals surface area contributed by atoms with E-state index < -0.39 is 5.97 Å². The molecule has 4 nitrogen and oxygen atoms in total. The lowest BCUT2D eigenvalue weighted by molar-refractivity contribution is 0.0697. The molecule has 0 aromatic carbocycles. The Morgan fingerprint density at radius 2 is 2.05 bits per heavy atom. The molecule has 0 bridgehead atoms. The topological polar surface area (TPSA) is 62.2 Å². The maximum atomic E-state index is 11.2. The second kappa shape index (κ2) is 4.83. The number of aromatic carboxylic acids is 1. The van der Waals surface area contributed by atoms with Gasteiger partial charge in [0.1, 0.15) is 0 Å². The first-order chi connectivity index (χ1) is 9.21. The molecule has 0 atom stereocenters. The summed E-state index contributed by atoms with van der Waals surface area (Å²) in [6, 6.07) is 1.57. The van der Waals surface area contributed by atoms with E-state index in [2.05, 4.69) is 10.3 Å². The van der Waals surface area contributed by atoms with Crippen LogP contribution in [0.1, 0.15) is 55.3 Å². The number of carboxylic acids is 1. The molecule has 0 saturated heterocycles. The van der Waals surface area contributed by atoms with Gasteiger partial charge in [-0.15, -0.1) is 0 Å². The van der Waals surface area contributed by atoms with E-state index >= 15 is 0 Å². The lowest BCUT2D eigenvalue weighted by atomic mass is 9.82. The first kappa shape index (κ1) is 12.5. The summed E-state index contributed by atoms with van der Waals surface area (Å²) in [5, 5.41) is 12.7. The molecule has 0 radical (unpaired) electrons. The number of hydrogen-bond donors (Lipinski definition) is 2. The van der Waals surface area contributed by atoms with Crippen LogP contribution in [0, 0.1) is 5.92 Å². The Kier molecular flexibility index (Phi) is 3.17. The molecule has 19 heavy (non-hydrogen) atoms. The summed E-state index contributed by atoms with van der Waals surface area (Å²) >= 11 is 0. The van der Waals surface area contributed by atoms with Crippen LogP contribution in [0.15, 0.2) is 18.5 Å². The highest BCUT2D eigenvalue weighted by atomic mass is 16.4. The highest BCUT2D eigenvalue weighted by Gasteiger charge is 2.49. The molecule has 2 aliphatic carbocycles. The summed E-state index contributed by atoms with van der Waals surface area (Å²) in [6.45, 7) is 0. The first-order valence-electron chi connectivity index (χ1n) is 7.17. The summed E-state index contributed by atoms with van der Waals surface area (Å²) in [5.74, 6) is -0.188. The smallest absolute Gasteiger partial charge is 0.337 e. The van der Waals surface area contributed by atoms with E-state index in [1.807, 2.05) is 0 Å². The Balaban J connectivity index is 1.79. The zero-order chi connectivity index (χ0) is 13.3. The van der Waals surface area contributed by atoms with Crippen molar-refractivity contribution in [3.8, 4) is 0 Å². The molecule has 3 rings (SSSR count). The summed E-state index contributed by atoms with van der Waals surface area (Å²) < 4.78 is 0. The summed E-state index contributed by atoms with van der Waals surface area (Å²) in [7, 11) is 0. The molecular formula is C15H20N2O2. The van der Waals surface area contributed by atoms with Gasteiger partial charge in [-0.1, -0.05) is 19.3 Å². The fourth-order valence-electron chi connectivity index (χ4n) is 3.37. The Labute approximate surface area is 113 Å². The molecule has 4 heteroatoms. The van der Waals surface area contributed by atoms with E-state index in [0.717, 1.165) is 12.8 Å². The largest absolute Gasteiger partial charge is 0.478 e. The van der Waals surface area contributed by atoms with Crippen LogP contribution < -0.4 is 5.32 Å². The lowest BCUT2D eigenvalue weighted by Crippen LogP contribution is -2.33. The van der Waals surface area contributed by atoms with E-state index in [4.69, 9.17) is 0 Å². The number of carboxylic acid groups (broad SMARTS) is 1. The average molecular weight is 260 g/mol. The monoisotopic (exact) mass is 260 g/mol. The van der Waals surface area contributed by atoms with E-state index in [-0.39, 0.29) is 5.54 Å². The number of carbonyl (C=O) groups is 1. The molecule has 2 aliphatic rings. The molecule has 0 aliphatic heterocycles. The Morgan fingerprint density at radius 3 is 2.68 bits per heavy atom. The van der Waals surface area contributed by atoms with E-state index in [1.54, 1.807) is 12.3 Å². The van der Waals surface area contributed by atoms with Gasteiger partial charge in [-0.2, -0.15) is 0 Å². The Morgan fingerprint density at radius 1 is 1.32 bits per heavy atom. The number of hydrogen-bond acceptors (Lipinski definition) is 3. The van der Waals surface area contributed by atoms with Crippen LogP contribution in [0.4, 0.5) is 5.69 Å². The molecule has 0 spiro atoms. The molecule has 1 aromatic heterocycles. The van der Waals surface area contributed by atoms with Gasteiger partial charge in [-0.25, -0.2) is 4.79 Å². The van der Waals surface area contributed by atoms with Crippen LogP contribution in [0.2, 0.25) is 0 Å². The number of pyridine rings is 1. The molecule has 1 aromatic rings. The number of aromatic nitrogens is 1. The quantitative estimate of drug-likeness (QED) is 0.872. The normalized spacial score (nSPS) is 21.9. The lowest BCUT2D eigenvalue weighted by Gasteiger charge is -2.32. The third-order valence-electron chi connectivity index (χ3n) is 4.61. The molecule has 0 unspecified atom stereocenters. The summed E-state index contributed by atoms with van der Waals surface area (Å²) in [4.78, 5) is 15.3. The SMILES string of the molecule is O=C(O)c1ccncc1NC1(C2CCCCC2)CC1. The molecule has 0 amide bonds. The van der Waals surface area contributed by atoms with Crippen molar-refractivity contribution in [1.29, 1.82) is 0 Å². The van der Waals surface area contributed by atoms with E-state index in [9.17, 15) is 9.90 Å². The van der Waals surface area contributed by atoms with Crippen molar-refractivity contribution in [2.75, 3.05) is 5.32 Å². The van der Waals surface area contributed by atoms with Crippen LogP contribution in [-0.2, 0) is 0 Å². The minimum absolute atomic E-state index is 0.146. The number of nitrogens with one attached hydrogen (secondary N) is 1. The molecule has 2 saturated carbocycles. The van der Waals surface area contributed by atoms with Gasteiger partial charge in [0.15, 0.2) is 0 Å². The summed E-state index contributed by atoms with van der Waals surface area (Å²) in [6.07, 6.45) is 12.0. The van der Waals surface area contributed by atoms with Gasteiger partial charge in [0, 0.05) is 11.7 Å². The first-order valence-corrected chi connectivity index (χ1v) is 7.17. The van der Waals surface area contributed by atoms with E-state index in [0.29, 0.717) is 17.2 Å². The highest BCUT2D eigenvalue weighted by Crippen LogP contribution is 2.50. The zero-order valence-corrected chi connectivity index (χ0v) is 11.1. The zero-order valence-electron chi connectivity index (χ0n) is 11.1. The van der Waals surface area contributed by atoms with Crippen molar-refractivity contribution in [2.45, 2.75) is 50.5 Å². The van der Waals surface area contributed by atoms with Gasteiger partial charge in [0.25, 0.3) is 0 Å². The standard InChI is InChI=1S/C15H20N2O2/c18-14(19)12-6-9-16-10-13(12)17-15(7-8-15)11-4-2-1-3-5-11/h6,9-11,17H,1-5,7-8H2,(H,18,19). The van der Waals surface area contributed by atoms with Crippen LogP contribution in [0.25, 0.3) is 0 Å². The van der Waals surface area contributed by atoms with Crippen LogP contribution in [-0.4, -0.2) is 21.6 Å². The average Bonchev–Trinajstić information content (AvgIpc) is 3.21. The van der Waals surface area contributed by atoms with Gasteiger partial charge in [0.05, 0.1) is 17.4 Å². The Bertz CT molecular complexity index is 477. The minimum atomic E-state index is -0.885. The van der Waals surface area contributed by atoms with Crippen molar-refractivity contribution in [3.63, 3.8) is 0 Å². The second-order valence-electron chi connectivity index (χ2n) is 5.84. The van der Waals surface area contributed by atoms with Crippen molar-refractivity contribution < 1.29 is 9.90 Å². The van der Waals surface area contributed by atoms with Gasteiger partial charge in [-0.3, -0.25) is 4.98 Å². The Hall–Kier alpha value is -1.58. The minimum Gasteiger partial charge on any atom is -0.478 e. The molecular weight excluding hydrogens is 240 g/mol. The second-order valence-corrected chi connectivity index (χ2v) is 5.84. The number of anilines is 1. The van der Waals surface area contributed by atoms with Crippen molar-refractivity contribution in [3.05, 3.63) is 24.0 Å². The van der Waals surface area contributed by atoms with Crippen LogP contribution in [0.3, 0.4) is 0 Å². The predicted molar refractivity (Wildman–Crippen MR) is 73.4 cm³/mol. The van der Waals surface area contributed by atoms with Gasteiger partial charge in [-0.05, 0) is 37.7 Å². The van der Waals surface area contributed by atoms with Gasteiger partial charge >= 0.3 is 5.97 Å². The van der Waals surface area contributed by atoms with Crippen molar-refractivity contribution in [2.24, 2.45) is 5.92 Å². The maximum Gasteiger partial charge on any atom is 0.337 e. The molecule has 2 N–H and O–H groups in total. The van der Waals surface area contributed by atoms with Crippen molar-refractivity contribution >= 4 is 11.7 Å². The molecule has 2 fully saturated rings. The fourth-order valence-corrected chi connectivity index (χ4v) is 3.37. The predicted octanol–water partition coefficient (Wildman–Crippen LogP) is 3.30. The third kappa shape index (κ3) is 2.44. The van der Waals surface area contributed by atoms with Gasteiger partial charge in [0.2, 0.25) is 0 Å². The van der Waals surface area contributed by atoms with Gasteiger partial charge < -0.3 is 10.4 Å². The number of nitrogens with zero attached hydrogens (tertiary/aromatic N) is 1. The maximum absolute atomic E-state index is 11.2. The molecule has 102 valence electrons. The van der Waals surface area contributed by atoms with Crippen molar-refractivity contribution in [1.82, 2.24) is 4.98 Å². The summed E-state index contributed by atoms with van der Waals surface area (Å²) in [5.41, 5.74) is 1.16. The fraction of sp³-hybridized carbons (Fsp3) is 0.600. The number of rotatable bonds is 4.